The van der Waals surface area contributed by atoms with E-state index in [0.29, 0.717) is 0 Å². The van der Waals surface area contributed by atoms with Crippen LogP contribution in [-0.4, -0.2) is 10.9 Å². The molecule has 0 bridgehead atoms. The lowest BCUT2D eigenvalue weighted by Crippen LogP contribution is -2.28. The second kappa shape index (κ2) is 5.48. The molecule has 0 aliphatic heterocycles. The van der Waals surface area contributed by atoms with Crippen molar-refractivity contribution in [3.63, 3.8) is 0 Å². The third-order valence-electron chi connectivity index (χ3n) is 5.33. The van der Waals surface area contributed by atoms with Crippen LogP contribution in [0.3, 0.4) is 0 Å². The molecule has 2 N–H and O–H groups in total. The van der Waals surface area contributed by atoms with Gasteiger partial charge in [0.2, 0.25) is 5.91 Å². The van der Waals surface area contributed by atoms with E-state index in [9.17, 15) is 4.79 Å². The van der Waals surface area contributed by atoms with Crippen LogP contribution in [0.2, 0.25) is 0 Å². The molecule has 3 nitrogen and oxygen atoms in total. The Morgan fingerprint density at radius 2 is 1.76 bits per heavy atom. The van der Waals surface area contributed by atoms with E-state index in [2.05, 4.69) is 55.3 Å². The number of aromatic nitrogens is 1. The van der Waals surface area contributed by atoms with Crippen molar-refractivity contribution in [2.24, 2.45) is 0 Å². The second-order valence-electron chi connectivity index (χ2n) is 8.11. The molecule has 0 atom stereocenters. The van der Waals surface area contributed by atoms with Gasteiger partial charge in [0.15, 0.2) is 0 Å². The predicted molar refractivity (Wildman–Crippen MR) is 103 cm³/mol. The van der Waals surface area contributed by atoms with Crippen molar-refractivity contribution in [3.05, 3.63) is 65.9 Å². The van der Waals surface area contributed by atoms with Crippen molar-refractivity contribution in [2.75, 3.05) is 5.32 Å². The maximum Gasteiger partial charge on any atom is 0.235 e. The van der Waals surface area contributed by atoms with Crippen LogP contribution in [0, 0.1) is 0 Å². The van der Waals surface area contributed by atoms with Crippen molar-refractivity contribution in [1.29, 1.82) is 0 Å². The number of fused-ring (bicyclic) bond motifs is 1. The number of anilines is 1. The quantitative estimate of drug-likeness (QED) is 0.685. The highest BCUT2D eigenvalue weighted by Gasteiger charge is 2.51. The molecule has 0 spiro atoms. The van der Waals surface area contributed by atoms with Crippen LogP contribution < -0.4 is 5.32 Å². The van der Waals surface area contributed by atoms with Gasteiger partial charge in [-0.25, -0.2) is 0 Å². The Kier molecular flexibility index (Phi) is 3.50. The Morgan fingerprint density at radius 3 is 2.40 bits per heavy atom. The first-order valence-electron chi connectivity index (χ1n) is 8.89. The van der Waals surface area contributed by atoms with Gasteiger partial charge in [0.1, 0.15) is 0 Å². The smallest absolute Gasteiger partial charge is 0.235 e. The van der Waals surface area contributed by atoms with Gasteiger partial charge >= 0.3 is 0 Å². The Bertz CT molecular complexity index is 925. The maximum absolute atomic E-state index is 13.0. The zero-order chi connectivity index (χ0) is 17.7. The monoisotopic (exact) mass is 332 g/mol. The zero-order valence-electron chi connectivity index (χ0n) is 15.0. The standard InChI is InChI=1S/C22H24N2O/c1-21(2,3)15-7-9-16(10-8-15)22(12-13-22)20(25)24-19-6-4-5-18-17(19)11-14-23-18/h4-11,14,23H,12-13H2,1-3H3,(H,24,25). The average molecular weight is 332 g/mol. The molecule has 2 aromatic carbocycles. The van der Waals surface area contributed by atoms with Gasteiger partial charge in [-0.2, -0.15) is 0 Å². The fourth-order valence-electron chi connectivity index (χ4n) is 3.50. The first-order valence-corrected chi connectivity index (χ1v) is 8.89. The molecule has 1 saturated carbocycles. The van der Waals surface area contributed by atoms with E-state index in [-0.39, 0.29) is 16.7 Å². The van der Waals surface area contributed by atoms with E-state index in [0.717, 1.165) is 35.0 Å². The van der Waals surface area contributed by atoms with Crippen LogP contribution in [0.25, 0.3) is 10.9 Å². The largest absolute Gasteiger partial charge is 0.361 e. The summed E-state index contributed by atoms with van der Waals surface area (Å²) >= 11 is 0. The number of carbonyl (C=O) groups excluding carboxylic acids is 1. The summed E-state index contributed by atoms with van der Waals surface area (Å²) in [6, 6.07) is 16.5. The van der Waals surface area contributed by atoms with Crippen LogP contribution in [0.15, 0.2) is 54.7 Å². The third kappa shape index (κ3) is 2.74. The molecule has 25 heavy (non-hydrogen) atoms. The van der Waals surface area contributed by atoms with Gasteiger partial charge in [0.05, 0.1) is 11.1 Å². The lowest BCUT2D eigenvalue weighted by Gasteiger charge is -2.21. The van der Waals surface area contributed by atoms with Crippen molar-refractivity contribution in [1.82, 2.24) is 4.98 Å². The predicted octanol–water partition coefficient (Wildman–Crippen LogP) is 5.14. The highest BCUT2D eigenvalue weighted by molar-refractivity contribution is 6.06. The van der Waals surface area contributed by atoms with Gasteiger partial charge in [-0.1, -0.05) is 51.1 Å². The first kappa shape index (κ1) is 15.9. The van der Waals surface area contributed by atoms with Gasteiger partial charge in [-0.3, -0.25) is 4.79 Å². The molecule has 0 radical (unpaired) electrons. The number of aromatic amines is 1. The van der Waals surface area contributed by atoms with E-state index in [4.69, 9.17) is 0 Å². The minimum Gasteiger partial charge on any atom is -0.361 e. The highest BCUT2D eigenvalue weighted by Crippen LogP contribution is 2.49. The molecule has 1 aliphatic carbocycles. The van der Waals surface area contributed by atoms with Gasteiger partial charge in [-0.05, 0) is 47.6 Å². The highest BCUT2D eigenvalue weighted by atomic mass is 16.2. The summed E-state index contributed by atoms with van der Waals surface area (Å²) in [7, 11) is 0. The molecule has 128 valence electrons. The molecule has 1 heterocycles. The first-order chi connectivity index (χ1) is 11.9. The van der Waals surface area contributed by atoms with Crippen molar-refractivity contribution in [2.45, 2.75) is 44.4 Å². The summed E-state index contributed by atoms with van der Waals surface area (Å²) in [4.78, 5) is 16.2. The lowest BCUT2D eigenvalue weighted by atomic mass is 9.85. The summed E-state index contributed by atoms with van der Waals surface area (Å²) in [5, 5.41) is 4.21. The van der Waals surface area contributed by atoms with E-state index < -0.39 is 0 Å². The third-order valence-corrected chi connectivity index (χ3v) is 5.33. The number of rotatable bonds is 3. The number of amides is 1. The Labute approximate surface area is 148 Å². The summed E-state index contributed by atoms with van der Waals surface area (Å²) in [6.45, 7) is 6.62. The molecular formula is C22H24N2O. The van der Waals surface area contributed by atoms with Crippen LogP contribution >= 0.6 is 0 Å². The number of hydrogen-bond acceptors (Lipinski definition) is 1. The minimum atomic E-state index is -0.366. The number of hydrogen-bond donors (Lipinski definition) is 2. The van der Waals surface area contributed by atoms with Gasteiger partial charge in [0.25, 0.3) is 0 Å². The van der Waals surface area contributed by atoms with Crippen LogP contribution in [0.1, 0.15) is 44.7 Å². The molecule has 1 amide bonds. The van der Waals surface area contributed by atoms with E-state index in [1.807, 2.05) is 30.5 Å². The van der Waals surface area contributed by atoms with Gasteiger partial charge in [-0.15, -0.1) is 0 Å². The van der Waals surface area contributed by atoms with Crippen LogP contribution in [0.5, 0.6) is 0 Å². The van der Waals surface area contributed by atoms with Crippen molar-refractivity contribution < 1.29 is 4.79 Å². The lowest BCUT2D eigenvalue weighted by molar-refractivity contribution is -0.118. The molecule has 0 unspecified atom stereocenters. The fourth-order valence-corrected chi connectivity index (χ4v) is 3.50. The van der Waals surface area contributed by atoms with Crippen LogP contribution in [-0.2, 0) is 15.6 Å². The molecular weight excluding hydrogens is 308 g/mol. The number of nitrogens with one attached hydrogen (secondary N) is 2. The summed E-state index contributed by atoms with van der Waals surface area (Å²) < 4.78 is 0. The SMILES string of the molecule is CC(C)(C)c1ccc(C2(C(=O)Nc3cccc4[nH]ccc34)CC2)cc1. The van der Waals surface area contributed by atoms with Crippen molar-refractivity contribution in [3.8, 4) is 0 Å². The normalized spacial score (nSPS) is 16.0. The molecule has 1 fully saturated rings. The second-order valence-corrected chi connectivity index (χ2v) is 8.11. The maximum atomic E-state index is 13.0. The fraction of sp³-hybridized carbons (Fsp3) is 0.318. The van der Waals surface area contributed by atoms with Gasteiger partial charge < -0.3 is 10.3 Å². The molecule has 4 rings (SSSR count). The van der Waals surface area contributed by atoms with Crippen LogP contribution in [0.4, 0.5) is 5.69 Å². The minimum absolute atomic E-state index is 0.102. The molecule has 0 saturated heterocycles. The summed E-state index contributed by atoms with van der Waals surface area (Å²) in [5.41, 5.74) is 4.10. The number of benzene rings is 2. The van der Waals surface area contributed by atoms with Crippen molar-refractivity contribution >= 4 is 22.5 Å². The van der Waals surface area contributed by atoms with E-state index >= 15 is 0 Å². The topological polar surface area (TPSA) is 44.9 Å². The van der Waals surface area contributed by atoms with Gasteiger partial charge in [0, 0.05) is 17.1 Å². The molecule has 1 aromatic heterocycles. The zero-order valence-corrected chi connectivity index (χ0v) is 15.0. The Morgan fingerprint density at radius 1 is 1.04 bits per heavy atom. The Balaban J connectivity index is 1.60. The summed E-state index contributed by atoms with van der Waals surface area (Å²) in [5.74, 6) is 0.102. The molecule has 1 aliphatic rings. The molecule has 3 heteroatoms. The average Bonchev–Trinajstić information content (AvgIpc) is 3.25. The number of H-pyrrole nitrogens is 1. The summed E-state index contributed by atoms with van der Waals surface area (Å²) in [6.07, 6.45) is 3.73. The molecule has 3 aromatic rings. The Hall–Kier alpha value is -2.55. The van der Waals surface area contributed by atoms with E-state index in [1.54, 1.807) is 0 Å². The number of carbonyl (C=O) groups is 1. The van der Waals surface area contributed by atoms with E-state index in [1.165, 1.54) is 5.56 Å².